The molecule has 0 bridgehead atoms. The average molecular weight is 371 g/mol. The molecule has 132 valence electrons. The number of benzene rings is 1. The Labute approximate surface area is 153 Å². The van der Waals surface area contributed by atoms with E-state index >= 15 is 0 Å². The maximum absolute atomic E-state index is 12.8. The maximum atomic E-state index is 12.8. The number of hydrogen-bond acceptors (Lipinski definition) is 5. The van der Waals surface area contributed by atoms with Gasteiger partial charge in [0.2, 0.25) is 11.7 Å². The van der Waals surface area contributed by atoms with Gasteiger partial charge in [-0.05, 0) is 18.9 Å². The van der Waals surface area contributed by atoms with Gasteiger partial charge in [0.25, 0.3) is 11.5 Å². The Kier molecular flexibility index (Phi) is 4.30. The highest BCUT2D eigenvalue weighted by molar-refractivity contribution is 6.30. The Morgan fingerprint density at radius 2 is 2.12 bits per heavy atom. The van der Waals surface area contributed by atoms with Gasteiger partial charge >= 0.3 is 0 Å². The molecule has 3 aromatic rings. The van der Waals surface area contributed by atoms with Crippen molar-refractivity contribution in [2.75, 3.05) is 6.54 Å². The van der Waals surface area contributed by atoms with Crippen LogP contribution in [0.1, 0.15) is 35.1 Å². The zero-order valence-electron chi connectivity index (χ0n) is 13.7. The van der Waals surface area contributed by atoms with E-state index in [1.807, 2.05) is 30.3 Å². The lowest BCUT2D eigenvalue weighted by Crippen LogP contribution is -2.31. The smallest absolute Gasteiger partial charge is 0.266 e. The van der Waals surface area contributed by atoms with Crippen LogP contribution in [0.2, 0.25) is 5.02 Å². The van der Waals surface area contributed by atoms with E-state index in [0.29, 0.717) is 23.8 Å². The van der Waals surface area contributed by atoms with Crippen molar-refractivity contribution < 1.29 is 9.32 Å². The summed E-state index contributed by atoms with van der Waals surface area (Å²) < 4.78 is 5.42. The quantitative estimate of drug-likeness (QED) is 0.765. The number of likely N-dealkylation sites (tertiary alicyclic amines) is 1. The summed E-state index contributed by atoms with van der Waals surface area (Å²) in [4.78, 5) is 32.8. The summed E-state index contributed by atoms with van der Waals surface area (Å²) in [7, 11) is 0. The molecule has 8 heteroatoms. The molecule has 1 saturated heterocycles. The molecular formula is C18H15ClN4O3. The van der Waals surface area contributed by atoms with E-state index in [2.05, 4.69) is 15.1 Å². The third kappa shape index (κ3) is 3.01. The number of pyridine rings is 1. The van der Waals surface area contributed by atoms with Crippen LogP contribution in [0, 0.1) is 0 Å². The molecule has 3 heterocycles. The number of aromatic amines is 1. The largest absolute Gasteiger partial charge is 0.337 e. The standard InChI is InChI=1S/C18H15ClN4O3/c19-13-9-12(10-20-16(13)24)18(25)23-8-4-7-14(23)17-21-15(22-26-17)11-5-2-1-3-6-11/h1-3,5-6,9-10,14H,4,7-8H2,(H,20,24)/t14-/m0/s1. The molecule has 7 nitrogen and oxygen atoms in total. The van der Waals surface area contributed by atoms with Gasteiger partial charge in [-0.25, -0.2) is 0 Å². The van der Waals surface area contributed by atoms with Gasteiger partial charge in [-0.2, -0.15) is 4.98 Å². The van der Waals surface area contributed by atoms with E-state index in [1.165, 1.54) is 12.3 Å². The van der Waals surface area contributed by atoms with Crippen LogP contribution in [-0.4, -0.2) is 32.5 Å². The van der Waals surface area contributed by atoms with E-state index in [4.69, 9.17) is 16.1 Å². The Morgan fingerprint density at radius 3 is 2.88 bits per heavy atom. The Morgan fingerprint density at radius 1 is 1.31 bits per heavy atom. The number of amides is 1. The Hall–Kier alpha value is -2.93. The molecule has 2 aromatic heterocycles. The first-order valence-electron chi connectivity index (χ1n) is 8.22. The van der Waals surface area contributed by atoms with Crippen molar-refractivity contribution in [1.82, 2.24) is 20.0 Å². The summed E-state index contributed by atoms with van der Waals surface area (Å²) >= 11 is 5.83. The van der Waals surface area contributed by atoms with Crippen LogP contribution in [0.5, 0.6) is 0 Å². The fraction of sp³-hybridized carbons (Fsp3) is 0.222. The molecule has 1 aliphatic rings. The van der Waals surface area contributed by atoms with Gasteiger partial charge in [0.05, 0.1) is 5.56 Å². The number of carbonyl (C=O) groups is 1. The number of H-pyrrole nitrogens is 1. The topological polar surface area (TPSA) is 92.1 Å². The number of nitrogens with zero attached hydrogens (tertiary/aromatic N) is 3. The third-order valence-electron chi connectivity index (χ3n) is 4.38. The molecular weight excluding hydrogens is 356 g/mol. The van der Waals surface area contributed by atoms with Crippen LogP contribution >= 0.6 is 11.6 Å². The monoisotopic (exact) mass is 370 g/mol. The van der Waals surface area contributed by atoms with Crippen molar-refractivity contribution >= 4 is 17.5 Å². The summed E-state index contributed by atoms with van der Waals surface area (Å²) in [5.41, 5.74) is 0.751. The van der Waals surface area contributed by atoms with Crippen LogP contribution < -0.4 is 5.56 Å². The van der Waals surface area contributed by atoms with Gasteiger partial charge < -0.3 is 14.4 Å². The summed E-state index contributed by atoms with van der Waals surface area (Å²) in [6.45, 7) is 0.573. The number of rotatable bonds is 3. The minimum Gasteiger partial charge on any atom is -0.337 e. The first kappa shape index (κ1) is 16.5. The molecule has 1 atom stereocenters. The van der Waals surface area contributed by atoms with Crippen molar-refractivity contribution in [1.29, 1.82) is 0 Å². The van der Waals surface area contributed by atoms with Gasteiger partial charge in [0, 0.05) is 18.3 Å². The average Bonchev–Trinajstić information content (AvgIpc) is 3.33. The van der Waals surface area contributed by atoms with Crippen LogP contribution in [0.25, 0.3) is 11.4 Å². The molecule has 0 aliphatic carbocycles. The van der Waals surface area contributed by atoms with Gasteiger partial charge in [-0.1, -0.05) is 47.1 Å². The van der Waals surface area contributed by atoms with Crippen molar-refractivity contribution in [3.63, 3.8) is 0 Å². The normalized spacial score (nSPS) is 16.8. The van der Waals surface area contributed by atoms with Crippen LogP contribution in [0.4, 0.5) is 0 Å². The SMILES string of the molecule is O=C(c1c[nH]c(=O)c(Cl)c1)N1CCC[C@H]1c1nc(-c2ccccc2)no1. The summed E-state index contributed by atoms with van der Waals surface area (Å²) in [5.74, 6) is 0.669. The summed E-state index contributed by atoms with van der Waals surface area (Å²) in [6, 6.07) is 10.6. The van der Waals surface area contributed by atoms with Crippen LogP contribution in [-0.2, 0) is 0 Å². The second-order valence-corrected chi connectivity index (χ2v) is 6.45. The molecule has 0 unspecified atom stereocenters. The molecule has 4 rings (SSSR count). The van der Waals surface area contributed by atoms with Crippen molar-refractivity contribution in [3.05, 3.63) is 69.4 Å². The number of hydrogen-bond donors (Lipinski definition) is 1. The Balaban J connectivity index is 1.60. The van der Waals surface area contributed by atoms with Crippen molar-refractivity contribution in [3.8, 4) is 11.4 Å². The van der Waals surface area contributed by atoms with Gasteiger partial charge in [0.1, 0.15) is 11.1 Å². The number of halogens is 1. The molecule has 1 fully saturated rings. The lowest BCUT2D eigenvalue weighted by Gasteiger charge is -2.21. The second kappa shape index (κ2) is 6.76. The number of nitrogens with one attached hydrogen (secondary N) is 1. The minimum absolute atomic E-state index is 0.0178. The predicted molar refractivity (Wildman–Crippen MR) is 94.8 cm³/mol. The maximum Gasteiger partial charge on any atom is 0.266 e. The molecule has 1 amide bonds. The zero-order valence-corrected chi connectivity index (χ0v) is 14.4. The van der Waals surface area contributed by atoms with Crippen molar-refractivity contribution in [2.24, 2.45) is 0 Å². The van der Waals surface area contributed by atoms with E-state index in [-0.39, 0.29) is 17.0 Å². The van der Waals surface area contributed by atoms with Crippen molar-refractivity contribution in [2.45, 2.75) is 18.9 Å². The van der Waals surface area contributed by atoms with E-state index in [9.17, 15) is 9.59 Å². The van der Waals surface area contributed by atoms with Gasteiger partial charge in [0.15, 0.2) is 0 Å². The molecule has 0 radical (unpaired) electrons. The fourth-order valence-electron chi connectivity index (χ4n) is 3.09. The first-order valence-corrected chi connectivity index (χ1v) is 8.59. The van der Waals surface area contributed by atoms with E-state index in [0.717, 1.165) is 18.4 Å². The van der Waals surface area contributed by atoms with Crippen LogP contribution in [0.3, 0.4) is 0 Å². The highest BCUT2D eigenvalue weighted by Crippen LogP contribution is 2.33. The zero-order chi connectivity index (χ0) is 18.1. The van der Waals surface area contributed by atoms with Gasteiger partial charge in [-0.3, -0.25) is 9.59 Å². The lowest BCUT2D eigenvalue weighted by molar-refractivity contribution is 0.0709. The predicted octanol–water partition coefficient (Wildman–Crippen LogP) is 3.06. The molecule has 1 N–H and O–H groups in total. The van der Waals surface area contributed by atoms with Gasteiger partial charge in [-0.15, -0.1) is 0 Å². The van der Waals surface area contributed by atoms with Crippen LogP contribution in [0.15, 0.2) is 51.9 Å². The molecule has 26 heavy (non-hydrogen) atoms. The van der Waals surface area contributed by atoms with E-state index in [1.54, 1.807) is 4.90 Å². The molecule has 0 spiro atoms. The fourth-order valence-corrected chi connectivity index (χ4v) is 3.26. The highest BCUT2D eigenvalue weighted by atomic mass is 35.5. The lowest BCUT2D eigenvalue weighted by atomic mass is 10.2. The minimum atomic E-state index is -0.425. The highest BCUT2D eigenvalue weighted by Gasteiger charge is 2.34. The summed E-state index contributed by atoms with van der Waals surface area (Å²) in [5, 5.41) is 4.01. The van der Waals surface area contributed by atoms with E-state index < -0.39 is 5.56 Å². The molecule has 1 aliphatic heterocycles. The third-order valence-corrected chi connectivity index (χ3v) is 4.66. The first-order chi connectivity index (χ1) is 12.6. The summed E-state index contributed by atoms with van der Waals surface area (Å²) in [6.07, 6.45) is 2.94. The number of aromatic nitrogens is 3. The molecule has 1 aromatic carbocycles. The Bertz CT molecular complexity index is 999. The number of carbonyl (C=O) groups excluding carboxylic acids is 1. The molecule has 0 saturated carbocycles. The second-order valence-electron chi connectivity index (χ2n) is 6.04.